The average molecular weight is 374 g/mol. The van der Waals surface area contributed by atoms with Gasteiger partial charge in [-0.3, -0.25) is 9.69 Å². The van der Waals surface area contributed by atoms with Crippen LogP contribution in [0.4, 0.5) is 0 Å². The Morgan fingerprint density at radius 3 is 2.62 bits per heavy atom. The molecule has 1 aromatic carbocycles. The number of aromatic hydroxyl groups is 1. The van der Waals surface area contributed by atoms with Crippen LogP contribution in [-0.4, -0.2) is 84.7 Å². The topological polar surface area (TPSA) is 87.4 Å². The number of carbonyl (C=O) groups excluding carboxylic acids is 1. The summed E-state index contributed by atoms with van der Waals surface area (Å²) in [5.74, 6) is 2.26. The normalized spacial score (nSPS) is 19.6. The quantitative estimate of drug-likeness (QED) is 0.858. The van der Waals surface area contributed by atoms with Crippen molar-refractivity contribution >= 4 is 17.7 Å². The van der Waals surface area contributed by atoms with Crippen molar-refractivity contribution in [2.24, 2.45) is 0 Å². The Hall–Kier alpha value is -2.13. The lowest BCUT2D eigenvalue weighted by atomic mass is 10.0. The first-order valence-electron chi connectivity index (χ1n) is 8.90. The predicted molar refractivity (Wildman–Crippen MR) is 98.6 cm³/mol. The third kappa shape index (κ3) is 3.54. The van der Waals surface area contributed by atoms with Crippen LogP contribution < -0.4 is 0 Å². The van der Waals surface area contributed by atoms with Crippen molar-refractivity contribution in [2.45, 2.75) is 18.9 Å². The van der Waals surface area contributed by atoms with E-state index in [2.05, 4.69) is 20.4 Å². The number of hydrogen-bond acceptors (Lipinski definition) is 7. The van der Waals surface area contributed by atoms with Gasteiger partial charge < -0.3 is 10.0 Å². The first-order chi connectivity index (χ1) is 12.7. The van der Waals surface area contributed by atoms with E-state index in [1.54, 1.807) is 12.1 Å². The van der Waals surface area contributed by atoms with Crippen LogP contribution in [0.3, 0.4) is 0 Å². The fourth-order valence-corrected chi connectivity index (χ4v) is 4.60. The number of hydrogen-bond donors (Lipinski definition) is 1. The maximum Gasteiger partial charge on any atom is 0.257 e. The second-order valence-electron chi connectivity index (χ2n) is 6.63. The Balaban J connectivity index is 1.44. The molecule has 0 bridgehead atoms. The van der Waals surface area contributed by atoms with E-state index in [0.29, 0.717) is 17.3 Å². The Morgan fingerprint density at radius 2 is 1.92 bits per heavy atom. The van der Waals surface area contributed by atoms with Crippen molar-refractivity contribution in [1.29, 1.82) is 0 Å². The molecule has 0 spiro atoms. The SMILES string of the molecule is O=C(c1cc(-n2cnnn2)ccc1O)N1CCC(N2CCSCC2)CC1. The lowest BCUT2D eigenvalue weighted by molar-refractivity contribution is 0.0628. The number of likely N-dealkylation sites (tertiary alicyclic amines) is 1. The summed E-state index contributed by atoms with van der Waals surface area (Å²) < 4.78 is 1.47. The molecule has 8 nitrogen and oxygen atoms in total. The van der Waals surface area contributed by atoms with Gasteiger partial charge >= 0.3 is 0 Å². The molecule has 1 amide bonds. The summed E-state index contributed by atoms with van der Waals surface area (Å²) in [6.45, 7) is 3.75. The zero-order valence-electron chi connectivity index (χ0n) is 14.5. The highest BCUT2D eigenvalue weighted by Crippen LogP contribution is 2.25. The first-order valence-corrected chi connectivity index (χ1v) is 10.1. The number of amides is 1. The number of rotatable bonds is 3. The fraction of sp³-hybridized carbons (Fsp3) is 0.529. The summed E-state index contributed by atoms with van der Waals surface area (Å²) in [6.07, 6.45) is 3.44. The number of aromatic nitrogens is 4. The maximum atomic E-state index is 12.9. The molecule has 1 N–H and O–H groups in total. The van der Waals surface area contributed by atoms with Crippen LogP contribution in [0.25, 0.3) is 5.69 Å². The summed E-state index contributed by atoms with van der Waals surface area (Å²) in [6, 6.07) is 5.41. The molecule has 26 heavy (non-hydrogen) atoms. The van der Waals surface area contributed by atoms with Crippen molar-refractivity contribution in [2.75, 3.05) is 37.7 Å². The molecular formula is C17H22N6O2S. The highest BCUT2D eigenvalue weighted by molar-refractivity contribution is 7.99. The fourth-order valence-electron chi connectivity index (χ4n) is 3.66. The third-order valence-electron chi connectivity index (χ3n) is 5.14. The lowest BCUT2D eigenvalue weighted by Crippen LogP contribution is -2.49. The number of tetrazole rings is 1. The Bertz CT molecular complexity index is 755. The van der Waals surface area contributed by atoms with Gasteiger partial charge in [0.1, 0.15) is 12.1 Å². The van der Waals surface area contributed by atoms with Gasteiger partial charge in [-0.15, -0.1) is 5.10 Å². The van der Waals surface area contributed by atoms with Crippen LogP contribution in [0.15, 0.2) is 24.5 Å². The summed E-state index contributed by atoms with van der Waals surface area (Å²) >= 11 is 2.02. The van der Waals surface area contributed by atoms with Crippen LogP contribution in [0.1, 0.15) is 23.2 Å². The molecule has 0 atom stereocenters. The van der Waals surface area contributed by atoms with Crippen LogP contribution in [0.5, 0.6) is 5.75 Å². The van der Waals surface area contributed by atoms with Gasteiger partial charge in [-0.2, -0.15) is 11.8 Å². The first kappa shape index (κ1) is 17.3. The molecule has 1 aromatic heterocycles. The Morgan fingerprint density at radius 1 is 1.15 bits per heavy atom. The highest BCUT2D eigenvalue weighted by atomic mass is 32.2. The van der Waals surface area contributed by atoms with E-state index >= 15 is 0 Å². The molecule has 9 heteroatoms. The van der Waals surface area contributed by atoms with E-state index < -0.39 is 0 Å². The van der Waals surface area contributed by atoms with Crippen LogP contribution in [0.2, 0.25) is 0 Å². The number of nitrogens with zero attached hydrogens (tertiary/aromatic N) is 6. The van der Waals surface area contributed by atoms with Crippen molar-refractivity contribution < 1.29 is 9.90 Å². The zero-order chi connectivity index (χ0) is 17.9. The lowest BCUT2D eigenvalue weighted by Gasteiger charge is -2.40. The summed E-state index contributed by atoms with van der Waals surface area (Å²) in [7, 11) is 0. The highest BCUT2D eigenvalue weighted by Gasteiger charge is 2.29. The second-order valence-corrected chi connectivity index (χ2v) is 7.85. The van der Waals surface area contributed by atoms with Crippen molar-refractivity contribution in [3.63, 3.8) is 0 Å². The van der Waals surface area contributed by atoms with Crippen molar-refractivity contribution in [3.05, 3.63) is 30.1 Å². The third-order valence-corrected chi connectivity index (χ3v) is 6.08. The molecule has 0 radical (unpaired) electrons. The van der Waals surface area contributed by atoms with Gasteiger partial charge in [0.25, 0.3) is 5.91 Å². The smallest absolute Gasteiger partial charge is 0.257 e. The molecule has 2 fully saturated rings. The maximum absolute atomic E-state index is 12.9. The molecule has 3 heterocycles. The van der Waals surface area contributed by atoms with Crippen LogP contribution >= 0.6 is 11.8 Å². The minimum atomic E-state index is -0.134. The van der Waals surface area contributed by atoms with E-state index in [4.69, 9.17) is 0 Å². The predicted octanol–water partition coefficient (Wildman–Crippen LogP) is 1.02. The monoisotopic (exact) mass is 374 g/mol. The minimum absolute atomic E-state index is 0.0120. The molecule has 0 saturated carbocycles. The molecular weight excluding hydrogens is 352 g/mol. The average Bonchev–Trinajstić information content (AvgIpc) is 3.23. The van der Waals surface area contributed by atoms with E-state index in [1.807, 2.05) is 16.7 Å². The van der Waals surface area contributed by atoms with E-state index in [0.717, 1.165) is 39.0 Å². The van der Waals surface area contributed by atoms with Gasteiger partial charge in [-0.1, -0.05) is 0 Å². The summed E-state index contributed by atoms with van der Waals surface area (Å²) in [4.78, 5) is 17.3. The number of phenols is 1. The summed E-state index contributed by atoms with van der Waals surface area (Å²) in [5.41, 5.74) is 0.947. The molecule has 2 aliphatic heterocycles. The number of phenolic OH excluding ortho intramolecular Hbond substituents is 1. The van der Waals surface area contributed by atoms with Crippen LogP contribution in [-0.2, 0) is 0 Å². The summed E-state index contributed by atoms with van der Waals surface area (Å²) in [5, 5.41) is 21.2. The van der Waals surface area contributed by atoms with Crippen molar-refractivity contribution in [3.8, 4) is 11.4 Å². The molecule has 138 valence electrons. The molecule has 0 aliphatic carbocycles. The van der Waals surface area contributed by atoms with E-state index in [-0.39, 0.29) is 11.7 Å². The van der Waals surface area contributed by atoms with Gasteiger partial charge in [0.05, 0.1) is 11.3 Å². The number of thioether (sulfide) groups is 1. The van der Waals surface area contributed by atoms with Crippen LogP contribution in [0, 0.1) is 0 Å². The standard InChI is InChI=1S/C17H22N6O2S/c24-16-2-1-14(23-12-18-19-20-23)11-15(16)17(25)22-5-3-13(4-6-22)21-7-9-26-10-8-21/h1-2,11-13,24H,3-10H2. The molecule has 4 rings (SSSR count). The number of carbonyl (C=O) groups is 1. The van der Waals surface area contributed by atoms with Crippen molar-refractivity contribution in [1.82, 2.24) is 30.0 Å². The molecule has 0 unspecified atom stereocenters. The zero-order valence-corrected chi connectivity index (χ0v) is 15.3. The van der Waals surface area contributed by atoms with Gasteiger partial charge in [0, 0.05) is 43.7 Å². The van der Waals surface area contributed by atoms with Gasteiger partial charge in [0.15, 0.2) is 0 Å². The van der Waals surface area contributed by atoms with E-state index in [9.17, 15) is 9.90 Å². The minimum Gasteiger partial charge on any atom is -0.507 e. The molecule has 2 aromatic rings. The number of benzene rings is 1. The largest absolute Gasteiger partial charge is 0.507 e. The Labute approximate surface area is 156 Å². The molecule has 2 aliphatic rings. The van der Waals surface area contributed by atoms with Gasteiger partial charge in [-0.25, -0.2) is 4.68 Å². The van der Waals surface area contributed by atoms with Gasteiger partial charge in [-0.05, 0) is 41.5 Å². The second kappa shape index (κ2) is 7.63. The van der Waals surface area contributed by atoms with E-state index in [1.165, 1.54) is 28.6 Å². The van der Waals surface area contributed by atoms with Gasteiger partial charge in [0.2, 0.25) is 0 Å². The molecule has 2 saturated heterocycles. The Kier molecular flexibility index (Phi) is 5.07. The number of piperidine rings is 1.